The normalized spacial score (nSPS) is 23.6. The van der Waals surface area contributed by atoms with Gasteiger partial charge in [-0.3, -0.25) is 9.48 Å². The van der Waals surface area contributed by atoms with E-state index >= 15 is 0 Å². The van der Waals surface area contributed by atoms with Gasteiger partial charge in [0.05, 0.1) is 6.04 Å². The second kappa shape index (κ2) is 3.84. The summed E-state index contributed by atoms with van der Waals surface area (Å²) in [6, 6.07) is 0.0837. The molecule has 1 aromatic heterocycles. The van der Waals surface area contributed by atoms with E-state index < -0.39 is 5.91 Å². The minimum atomic E-state index is -0.549. The number of amides is 1. The second-order valence-electron chi connectivity index (χ2n) is 3.89. The lowest BCUT2D eigenvalue weighted by Gasteiger charge is -2.20. The third-order valence-corrected chi connectivity index (χ3v) is 2.70. The lowest BCUT2D eigenvalue weighted by molar-refractivity contribution is 0.100. The average molecular weight is 218 g/mol. The van der Waals surface area contributed by atoms with E-state index in [4.69, 9.17) is 11.5 Å². The summed E-state index contributed by atoms with van der Waals surface area (Å²) in [5.74, 6) is -0.0561. The van der Waals surface area contributed by atoms with Crippen LogP contribution >= 0.6 is 0 Å². The second-order valence-corrected chi connectivity index (χ2v) is 3.89. The highest BCUT2D eigenvalue weighted by Crippen LogP contribution is 2.25. The van der Waals surface area contributed by atoms with E-state index in [-0.39, 0.29) is 17.4 Å². The molecule has 84 valence electrons. The van der Waals surface area contributed by atoms with E-state index in [1.807, 2.05) is 18.2 Å². The largest absolute Gasteiger partial charge is 0.382 e. The number of aromatic nitrogens is 2. The third kappa shape index (κ3) is 1.71. The van der Waals surface area contributed by atoms with Gasteiger partial charge in [0.2, 0.25) is 0 Å². The molecule has 0 radical (unpaired) electrons. The number of primary amides is 1. The maximum atomic E-state index is 11.1. The van der Waals surface area contributed by atoms with Crippen LogP contribution in [0, 0.1) is 5.92 Å². The van der Waals surface area contributed by atoms with E-state index in [0.29, 0.717) is 5.92 Å². The van der Waals surface area contributed by atoms with Crippen molar-refractivity contribution in [2.45, 2.75) is 13.0 Å². The van der Waals surface area contributed by atoms with Crippen LogP contribution in [0.1, 0.15) is 23.3 Å². The van der Waals surface area contributed by atoms with E-state index in [1.54, 1.807) is 10.9 Å². The van der Waals surface area contributed by atoms with Crippen LogP contribution in [0.25, 0.3) is 0 Å². The number of carbonyl (C=O) groups excluding carboxylic acids is 1. The van der Waals surface area contributed by atoms with Gasteiger partial charge in [-0.1, -0.05) is 31.2 Å². The molecule has 2 atom stereocenters. The molecule has 0 aromatic carbocycles. The maximum absolute atomic E-state index is 11.1. The third-order valence-electron chi connectivity index (χ3n) is 2.70. The van der Waals surface area contributed by atoms with Crippen LogP contribution in [0.2, 0.25) is 0 Å². The Kier molecular flexibility index (Phi) is 2.52. The summed E-state index contributed by atoms with van der Waals surface area (Å²) in [7, 11) is 0. The number of nitrogens with two attached hydrogens (primary N) is 2. The van der Waals surface area contributed by atoms with Crippen molar-refractivity contribution in [3.8, 4) is 0 Å². The Balaban J connectivity index is 2.34. The summed E-state index contributed by atoms with van der Waals surface area (Å²) in [4.78, 5) is 11.1. The zero-order valence-electron chi connectivity index (χ0n) is 9.00. The topological polar surface area (TPSA) is 86.9 Å². The molecule has 0 aliphatic heterocycles. The predicted octanol–water partition coefficient (Wildman–Crippen LogP) is 0.867. The van der Waals surface area contributed by atoms with Crippen LogP contribution in [0.5, 0.6) is 0 Å². The zero-order valence-corrected chi connectivity index (χ0v) is 9.00. The lowest BCUT2D eigenvalue weighted by Crippen LogP contribution is -2.16. The molecule has 0 bridgehead atoms. The number of nitrogen functional groups attached to an aromatic ring is 1. The molecule has 0 saturated carbocycles. The van der Waals surface area contributed by atoms with Gasteiger partial charge < -0.3 is 11.5 Å². The summed E-state index contributed by atoms with van der Waals surface area (Å²) in [5.41, 5.74) is 11.1. The van der Waals surface area contributed by atoms with Crippen molar-refractivity contribution in [1.82, 2.24) is 9.78 Å². The SMILES string of the molecule is CC1C=CC=CC1n1cc(C(N)=O)c(N)n1. The van der Waals surface area contributed by atoms with Crippen molar-refractivity contribution >= 4 is 11.7 Å². The van der Waals surface area contributed by atoms with Gasteiger partial charge in [-0.25, -0.2) is 0 Å². The first-order valence-electron chi connectivity index (χ1n) is 5.09. The average Bonchev–Trinajstić information content (AvgIpc) is 2.61. The van der Waals surface area contributed by atoms with Gasteiger partial charge in [0, 0.05) is 12.1 Å². The van der Waals surface area contributed by atoms with Crippen molar-refractivity contribution in [1.29, 1.82) is 0 Å². The first-order valence-corrected chi connectivity index (χ1v) is 5.09. The molecule has 5 nitrogen and oxygen atoms in total. The molecule has 0 saturated heterocycles. The first kappa shape index (κ1) is 10.5. The molecule has 1 aromatic rings. The van der Waals surface area contributed by atoms with E-state index in [2.05, 4.69) is 18.1 Å². The number of nitrogens with zero attached hydrogens (tertiary/aromatic N) is 2. The number of anilines is 1. The van der Waals surface area contributed by atoms with Gasteiger partial charge >= 0.3 is 0 Å². The Morgan fingerprint density at radius 2 is 2.12 bits per heavy atom. The Hall–Kier alpha value is -2.04. The molecule has 1 heterocycles. The van der Waals surface area contributed by atoms with Crippen LogP contribution in [0.15, 0.2) is 30.5 Å². The van der Waals surface area contributed by atoms with Gasteiger partial charge in [-0.15, -0.1) is 0 Å². The van der Waals surface area contributed by atoms with Gasteiger partial charge in [-0.05, 0) is 0 Å². The molecular weight excluding hydrogens is 204 g/mol. The molecule has 5 heteroatoms. The molecule has 2 unspecified atom stereocenters. The number of hydrogen-bond acceptors (Lipinski definition) is 3. The fraction of sp³-hybridized carbons (Fsp3) is 0.273. The number of carbonyl (C=O) groups is 1. The van der Waals surface area contributed by atoms with Crippen LogP contribution in [0.4, 0.5) is 5.82 Å². The van der Waals surface area contributed by atoms with Crippen molar-refractivity contribution in [2.24, 2.45) is 11.7 Å². The number of hydrogen-bond donors (Lipinski definition) is 2. The van der Waals surface area contributed by atoms with Crippen molar-refractivity contribution in [3.05, 3.63) is 36.1 Å². The minimum absolute atomic E-state index is 0.0837. The van der Waals surface area contributed by atoms with E-state index in [1.165, 1.54) is 0 Å². The molecule has 2 rings (SSSR count). The van der Waals surface area contributed by atoms with Gasteiger partial charge in [0.15, 0.2) is 5.82 Å². The maximum Gasteiger partial charge on any atom is 0.254 e. The highest BCUT2D eigenvalue weighted by atomic mass is 16.1. The van der Waals surface area contributed by atoms with Gasteiger partial charge in [0.25, 0.3) is 5.91 Å². The van der Waals surface area contributed by atoms with Crippen molar-refractivity contribution in [3.63, 3.8) is 0 Å². The summed E-state index contributed by atoms with van der Waals surface area (Å²) in [5, 5.41) is 4.11. The first-order chi connectivity index (χ1) is 7.59. The highest BCUT2D eigenvalue weighted by Gasteiger charge is 2.20. The van der Waals surface area contributed by atoms with Gasteiger partial charge in [-0.2, -0.15) is 5.10 Å². The molecule has 4 N–H and O–H groups in total. The van der Waals surface area contributed by atoms with Crippen LogP contribution in [-0.2, 0) is 0 Å². The molecule has 16 heavy (non-hydrogen) atoms. The Morgan fingerprint density at radius 3 is 2.69 bits per heavy atom. The molecule has 1 aliphatic rings. The van der Waals surface area contributed by atoms with Crippen molar-refractivity contribution in [2.75, 3.05) is 5.73 Å². The Labute approximate surface area is 93.4 Å². The van der Waals surface area contributed by atoms with E-state index in [0.717, 1.165) is 0 Å². The van der Waals surface area contributed by atoms with Gasteiger partial charge in [0.1, 0.15) is 5.56 Å². The smallest absolute Gasteiger partial charge is 0.254 e. The molecular formula is C11H14N4O. The Morgan fingerprint density at radius 1 is 1.44 bits per heavy atom. The molecule has 1 aliphatic carbocycles. The number of rotatable bonds is 2. The summed E-state index contributed by atoms with van der Waals surface area (Å²) in [6.07, 6.45) is 9.63. The van der Waals surface area contributed by atoms with E-state index in [9.17, 15) is 4.79 Å². The molecule has 0 spiro atoms. The molecule has 0 fully saturated rings. The number of allylic oxidation sites excluding steroid dienone is 4. The standard InChI is InChI=1S/C11H14N4O/c1-7-4-2-3-5-9(7)15-6-8(11(13)16)10(12)14-15/h2-7,9H,1H3,(H2,12,14)(H2,13,16). The fourth-order valence-electron chi connectivity index (χ4n) is 1.78. The highest BCUT2D eigenvalue weighted by molar-refractivity contribution is 5.96. The lowest BCUT2D eigenvalue weighted by atomic mass is 9.97. The van der Waals surface area contributed by atoms with Crippen molar-refractivity contribution < 1.29 is 4.79 Å². The van der Waals surface area contributed by atoms with Crippen LogP contribution in [0.3, 0.4) is 0 Å². The minimum Gasteiger partial charge on any atom is -0.382 e. The van der Waals surface area contributed by atoms with Crippen LogP contribution in [-0.4, -0.2) is 15.7 Å². The summed E-state index contributed by atoms with van der Waals surface area (Å²) < 4.78 is 1.68. The Bertz CT molecular complexity index is 472. The monoisotopic (exact) mass is 218 g/mol. The van der Waals surface area contributed by atoms with Crippen LogP contribution < -0.4 is 11.5 Å². The molecule has 1 amide bonds. The summed E-state index contributed by atoms with van der Waals surface area (Å²) >= 11 is 0. The predicted molar refractivity (Wildman–Crippen MR) is 61.6 cm³/mol. The fourth-order valence-corrected chi connectivity index (χ4v) is 1.78. The summed E-state index contributed by atoms with van der Waals surface area (Å²) in [6.45, 7) is 2.08. The zero-order chi connectivity index (χ0) is 11.7. The quantitative estimate of drug-likeness (QED) is 0.772.